The third kappa shape index (κ3) is 3.07. The molecule has 114 valence electrons. The minimum absolute atomic E-state index is 0.580. The molecule has 1 saturated heterocycles. The number of aromatic nitrogens is 3. The zero-order valence-corrected chi connectivity index (χ0v) is 12.8. The Labute approximate surface area is 125 Å². The molecule has 0 saturated carbocycles. The van der Waals surface area contributed by atoms with Gasteiger partial charge in [0, 0.05) is 46.3 Å². The maximum absolute atomic E-state index is 5.35. The molecule has 3 heterocycles. The summed E-state index contributed by atoms with van der Waals surface area (Å²) in [4.78, 5) is 2.47. The first-order valence-electron chi connectivity index (χ1n) is 7.59. The van der Waals surface area contributed by atoms with Crippen molar-refractivity contribution in [1.29, 1.82) is 0 Å². The predicted octanol–water partition coefficient (Wildman–Crippen LogP) is 0.843. The average Bonchev–Trinajstić information content (AvgIpc) is 2.92. The molecule has 1 fully saturated rings. The maximum Gasteiger partial charge on any atom is 0.161 e. The zero-order valence-electron chi connectivity index (χ0n) is 12.8. The van der Waals surface area contributed by atoms with Gasteiger partial charge in [-0.1, -0.05) is 6.92 Å². The highest BCUT2D eigenvalue weighted by Crippen LogP contribution is 2.16. The van der Waals surface area contributed by atoms with Gasteiger partial charge in [-0.15, -0.1) is 10.2 Å². The van der Waals surface area contributed by atoms with Gasteiger partial charge in [-0.3, -0.25) is 9.30 Å². The molecule has 6 nitrogen and oxygen atoms in total. The lowest BCUT2D eigenvalue weighted by Gasteiger charge is -2.27. The largest absolute Gasteiger partial charge is 0.378 e. The van der Waals surface area contributed by atoms with E-state index >= 15 is 0 Å². The maximum atomic E-state index is 5.35. The lowest BCUT2D eigenvalue weighted by atomic mass is 10.2. The van der Waals surface area contributed by atoms with Gasteiger partial charge in [-0.25, -0.2) is 0 Å². The second-order valence-electron chi connectivity index (χ2n) is 5.48. The predicted molar refractivity (Wildman–Crippen MR) is 81.2 cm³/mol. The first kappa shape index (κ1) is 14.4. The van der Waals surface area contributed by atoms with E-state index in [1.54, 1.807) is 7.11 Å². The van der Waals surface area contributed by atoms with Crippen LogP contribution in [-0.2, 0) is 24.3 Å². The van der Waals surface area contributed by atoms with Crippen molar-refractivity contribution in [2.75, 3.05) is 33.3 Å². The van der Waals surface area contributed by atoms with Crippen molar-refractivity contribution in [3.63, 3.8) is 0 Å². The minimum Gasteiger partial charge on any atom is -0.378 e. The van der Waals surface area contributed by atoms with Gasteiger partial charge in [0.05, 0.1) is 12.3 Å². The number of aryl methyl sites for hydroxylation is 1. The molecule has 1 aliphatic heterocycles. The van der Waals surface area contributed by atoms with Crippen LogP contribution in [0.4, 0.5) is 0 Å². The number of hydrogen-bond donors (Lipinski definition) is 1. The van der Waals surface area contributed by atoms with Gasteiger partial charge in [-0.2, -0.15) is 0 Å². The quantitative estimate of drug-likeness (QED) is 0.884. The van der Waals surface area contributed by atoms with E-state index < -0.39 is 0 Å². The van der Waals surface area contributed by atoms with Gasteiger partial charge < -0.3 is 10.1 Å². The summed E-state index contributed by atoms with van der Waals surface area (Å²) in [6.07, 6.45) is 0.870. The number of piperazine rings is 1. The SMILES string of the molecule is CCc1nnc2cc(CN3CCNCC3)cc(COC)n12. The molecule has 6 heteroatoms. The number of pyridine rings is 1. The molecular weight excluding hydrogens is 266 g/mol. The molecule has 0 aromatic carbocycles. The summed E-state index contributed by atoms with van der Waals surface area (Å²) >= 11 is 0. The van der Waals surface area contributed by atoms with E-state index in [1.165, 1.54) is 5.56 Å². The fourth-order valence-corrected chi connectivity index (χ4v) is 2.92. The van der Waals surface area contributed by atoms with Crippen molar-refractivity contribution < 1.29 is 4.74 Å². The molecular formula is C15H23N5O. The van der Waals surface area contributed by atoms with Crippen LogP contribution in [0.5, 0.6) is 0 Å². The van der Waals surface area contributed by atoms with E-state index in [1.807, 2.05) is 0 Å². The third-order valence-corrected chi connectivity index (χ3v) is 3.93. The first-order valence-corrected chi connectivity index (χ1v) is 7.59. The Hall–Kier alpha value is -1.50. The summed E-state index contributed by atoms with van der Waals surface area (Å²) in [6.45, 7) is 7.97. The molecule has 0 radical (unpaired) electrons. The van der Waals surface area contributed by atoms with E-state index in [0.717, 1.165) is 56.3 Å². The van der Waals surface area contributed by atoms with Crippen LogP contribution in [-0.4, -0.2) is 52.8 Å². The Morgan fingerprint density at radius 1 is 1.24 bits per heavy atom. The monoisotopic (exact) mass is 289 g/mol. The summed E-state index contributed by atoms with van der Waals surface area (Å²) in [5.41, 5.74) is 3.33. The van der Waals surface area contributed by atoms with Crippen molar-refractivity contribution in [1.82, 2.24) is 24.8 Å². The number of ether oxygens (including phenoxy) is 1. The Morgan fingerprint density at radius 2 is 2.05 bits per heavy atom. The lowest BCUT2D eigenvalue weighted by Crippen LogP contribution is -2.42. The summed E-state index contributed by atoms with van der Waals surface area (Å²) in [5, 5.41) is 12.0. The van der Waals surface area contributed by atoms with Crippen molar-refractivity contribution in [3.05, 3.63) is 29.2 Å². The average molecular weight is 289 g/mol. The van der Waals surface area contributed by atoms with Gasteiger partial charge in [0.25, 0.3) is 0 Å². The standard InChI is InChI=1S/C15H23N5O/c1-3-14-17-18-15-9-12(8-13(11-21-2)20(14)15)10-19-6-4-16-5-7-19/h8-9,16H,3-7,10-11H2,1-2H3. The Balaban J connectivity index is 1.92. The summed E-state index contributed by atoms with van der Waals surface area (Å²) in [6, 6.07) is 4.37. The third-order valence-electron chi connectivity index (χ3n) is 3.93. The molecule has 2 aromatic rings. The topological polar surface area (TPSA) is 54.7 Å². The fourth-order valence-electron chi connectivity index (χ4n) is 2.92. The van der Waals surface area contributed by atoms with Crippen LogP contribution in [0.25, 0.3) is 5.65 Å². The normalized spacial score (nSPS) is 16.7. The van der Waals surface area contributed by atoms with Crippen molar-refractivity contribution in [3.8, 4) is 0 Å². The van der Waals surface area contributed by atoms with Crippen LogP contribution in [0.2, 0.25) is 0 Å². The van der Waals surface area contributed by atoms with Gasteiger partial charge in [0.1, 0.15) is 5.82 Å². The van der Waals surface area contributed by atoms with E-state index in [0.29, 0.717) is 6.61 Å². The molecule has 0 spiro atoms. The Morgan fingerprint density at radius 3 is 2.76 bits per heavy atom. The highest BCUT2D eigenvalue weighted by Gasteiger charge is 2.14. The van der Waals surface area contributed by atoms with Gasteiger partial charge in [-0.05, 0) is 17.7 Å². The first-order chi connectivity index (χ1) is 10.3. The zero-order chi connectivity index (χ0) is 14.7. The number of methoxy groups -OCH3 is 1. The van der Waals surface area contributed by atoms with E-state index in [2.05, 4.69) is 43.9 Å². The van der Waals surface area contributed by atoms with Crippen LogP contribution >= 0.6 is 0 Å². The van der Waals surface area contributed by atoms with E-state index in [4.69, 9.17) is 4.74 Å². The minimum atomic E-state index is 0.580. The van der Waals surface area contributed by atoms with Crippen LogP contribution in [0.1, 0.15) is 24.0 Å². The molecule has 0 atom stereocenters. The number of hydrogen-bond acceptors (Lipinski definition) is 5. The number of nitrogens with zero attached hydrogens (tertiary/aromatic N) is 4. The number of rotatable bonds is 5. The molecule has 0 unspecified atom stereocenters. The molecule has 21 heavy (non-hydrogen) atoms. The molecule has 1 N–H and O–H groups in total. The molecule has 0 aliphatic carbocycles. The summed E-state index contributed by atoms with van der Waals surface area (Å²) in [5.74, 6) is 0.991. The van der Waals surface area contributed by atoms with Crippen LogP contribution < -0.4 is 5.32 Å². The lowest BCUT2D eigenvalue weighted by molar-refractivity contribution is 0.180. The number of fused-ring (bicyclic) bond motifs is 1. The molecule has 3 rings (SSSR count). The second-order valence-corrected chi connectivity index (χ2v) is 5.48. The summed E-state index contributed by atoms with van der Waals surface area (Å²) < 4.78 is 7.47. The van der Waals surface area contributed by atoms with Crippen LogP contribution in [0.15, 0.2) is 12.1 Å². The Bertz CT molecular complexity index is 603. The van der Waals surface area contributed by atoms with Crippen LogP contribution in [0.3, 0.4) is 0 Å². The van der Waals surface area contributed by atoms with Gasteiger partial charge in [0.15, 0.2) is 5.65 Å². The molecule has 0 amide bonds. The van der Waals surface area contributed by atoms with Crippen molar-refractivity contribution >= 4 is 5.65 Å². The molecule has 2 aromatic heterocycles. The Kier molecular flexibility index (Phi) is 4.48. The van der Waals surface area contributed by atoms with Gasteiger partial charge in [0.2, 0.25) is 0 Å². The summed E-state index contributed by atoms with van der Waals surface area (Å²) in [7, 11) is 1.73. The van der Waals surface area contributed by atoms with E-state index in [9.17, 15) is 0 Å². The molecule has 1 aliphatic rings. The smallest absolute Gasteiger partial charge is 0.161 e. The highest BCUT2D eigenvalue weighted by atomic mass is 16.5. The number of nitrogens with one attached hydrogen (secondary N) is 1. The fraction of sp³-hybridized carbons (Fsp3) is 0.600. The van der Waals surface area contributed by atoms with Crippen molar-refractivity contribution in [2.45, 2.75) is 26.5 Å². The molecule has 0 bridgehead atoms. The van der Waals surface area contributed by atoms with E-state index in [-0.39, 0.29) is 0 Å². The highest BCUT2D eigenvalue weighted by molar-refractivity contribution is 5.44. The second kappa shape index (κ2) is 6.51. The van der Waals surface area contributed by atoms with Crippen LogP contribution in [0, 0.1) is 0 Å². The van der Waals surface area contributed by atoms with Crippen molar-refractivity contribution in [2.24, 2.45) is 0 Å². The van der Waals surface area contributed by atoms with Gasteiger partial charge >= 0.3 is 0 Å².